The Morgan fingerprint density at radius 2 is 2.05 bits per heavy atom. The number of hydrogen-bond acceptors (Lipinski definition) is 10. The Labute approximate surface area is 227 Å². The molecule has 0 bridgehead atoms. The largest absolute Gasteiger partial charge is 0.462 e. The number of ether oxygens (including phenoxy) is 2. The van der Waals surface area contributed by atoms with Crippen LogP contribution < -0.4 is 20.9 Å². The highest BCUT2D eigenvalue weighted by Crippen LogP contribution is 2.48. The van der Waals surface area contributed by atoms with Gasteiger partial charge in [0.25, 0.3) is 5.56 Å². The first-order chi connectivity index (χ1) is 18.3. The van der Waals surface area contributed by atoms with Gasteiger partial charge >= 0.3 is 19.4 Å². The van der Waals surface area contributed by atoms with Crippen LogP contribution in [0.25, 0.3) is 10.4 Å². The summed E-state index contributed by atoms with van der Waals surface area (Å²) in [7, 11) is -4.41. The van der Waals surface area contributed by atoms with Crippen molar-refractivity contribution in [2.24, 2.45) is 5.11 Å². The average molecular weight is 587 g/mol. The van der Waals surface area contributed by atoms with Crippen LogP contribution in [-0.2, 0) is 23.4 Å². The van der Waals surface area contributed by atoms with Crippen molar-refractivity contribution in [3.05, 3.63) is 72.8 Å². The summed E-state index contributed by atoms with van der Waals surface area (Å²) in [4.78, 5) is 41.1. The van der Waals surface area contributed by atoms with Crippen molar-refractivity contribution in [3.63, 3.8) is 0 Å². The molecule has 1 fully saturated rings. The predicted molar refractivity (Wildman–Crippen MR) is 138 cm³/mol. The van der Waals surface area contributed by atoms with Gasteiger partial charge in [-0.15, -0.1) is 0 Å². The Bertz CT molecular complexity index is 1410. The van der Waals surface area contributed by atoms with E-state index in [1.165, 1.54) is 26.0 Å². The molecule has 0 spiro atoms. The first kappa shape index (κ1) is 30.4. The normalized spacial score (nSPS) is 24.9. The second kappa shape index (κ2) is 12.3. The molecule has 212 valence electrons. The molecule has 39 heavy (non-hydrogen) atoms. The summed E-state index contributed by atoms with van der Waals surface area (Å²) in [5.41, 5.74) is 5.82. The number of carbonyl (C=O) groups excluding carboxylic acids is 1. The molecule has 1 unspecified atom stereocenters. The summed E-state index contributed by atoms with van der Waals surface area (Å²) in [6, 6.07) is 5.99. The van der Waals surface area contributed by atoms with E-state index in [2.05, 4.69) is 20.1 Å². The Morgan fingerprint density at radius 3 is 2.67 bits per heavy atom. The molecule has 1 aromatic heterocycles. The number of H-pyrrole nitrogens is 1. The summed E-state index contributed by atoms with van der Waals surface area (Å²) >= 11 is 6.14. The van der Waals surface area contributed by atoms with E-state index in [0.29, 0.717) is 0 Å². The summed E-state index contributed by atoms with van der Waals surface area (Å²) in [5.74, 6) is -0.758. The number of halogens is 1. The van der Waals surface area contributed by atoms with Crippen LogP contribution in [0.5, 0.6) is 5.75 Å². The number of nitrogens with one attached hydrogen (secondary N) is 2. The minimum absolute atomic E-state index is 0.0242. The monoisotopic (exact) mass is 586 g/mol. The zero-order chi connectivity index (χ0) is 29.0. The summed E-state index contributed by atoms with van der Waals surface area (Å²) in [5, 5.41) is 17.2. The zero-order valence-corrected chi connectivity index (χ0v) is 23.0. The van der Waals surface area contributed by atoms with Crippen molar-refractivity contribution in [1.29, 1.82) is 0 Å². The van der Waals surface area contributed by atoms with Crippen LogP contribution in [0.15, 0.2) is 51.2 Å². The van der Waals surface area contributed by atoms with Gasteiger partial charge in [-0.05, 0) is 45.4 Å². The summed E-state index contributed by atoms with van der Waals surface area (Å²) in [6.45, 7) is 5.39. The summed E-state index contributed by atoms with van der Waals surface area (Å²) < 4.78 is 36.8. The van der Waals surface area contributed by atoms with E-state index in [1.807, 2.05) is 0 Å². The fourth-order valence-electron chi connectivity index (χ4n) is 3.73. The number of para-hydroxylation sites is 1. The topological polar surface area (TPSA) is 207 Å². The van der Waals surface area contributed by atoms with Crippen molar-refractivity contribution in [1.82, 2.24) is 14.6 Å². The third kappa shape index (κ3) is 7.08. The van der Waals surface area contributed by atoms with Gasteiger partial charge in [-0.1, -0.05) is 28.8 Å². The average Bonchev–Trinajstić information content (AvgIpc) is 3.09. The fourth-order valence-corrected chi connectivity index (χ4v) is 5.48. The zero-order valence-electron chi connectivity index (χ0n) is 21.4. The molecule has 0 radical (unpaired) electrons. The molecule has 1 saturated heterocycles. The van der Waals surface area contributed by atoms with E-state index < -0.39 is 67.7 Å². The number of benzene rings is 1. The number of aliphatic hydroxyl groups excluding tert-OH is 1. The van der Waals surface area contributed by atoms with Crippen molar-refractivity contribution in [2.75, 3.05) is 6.61 Å². The molecule has 15 nitrogen and oxygen atoms in total. The number of rotatable bonds is 11. The highest BCUT2D eigenvalue weighted by Gasteiger charge is 2.55. The van der Waals surface area contributed by atoms with E-state index in [1.54, 1.807) is 26.0 Å². The van der Waals surface area contributed by atoms with E-state index in [0.717, 1.165) is 16.8 Å². The van der Waals surface area contributed by atoms with Crippen LogP contribution in [0, 0.1) is 0 Å². The molecular weight excluding hydrogens is 559 g/mol. The Morgan fingerprint density at radius 1 is 1.36 bits per heavy atom. The van der Waals surface area contributed by atoms with Crippen LogP contribution in [0.3, 0.4) is 0 Å². The molecule has 0 amide bonds. The van der Waals surface area contributed by atoms with Crippen LogP contribution in [0.4, 0.5) is 0 Å². The number of hydrogen-bond donors (Lipinski definition) is 3. The molecule has 1 aliphatic rings. The molecule has 2 aromatic rings. The van der Waals surface area contributed by atoms with Crippen LogP contribution in [-0.4, -0.2) is 57.1 Å². The molecule has 1 aromatic carbocycles. The number of esters is 1. The van der Waals surface area contributed by atoms with Crippen molar-refractivity contribution in [3.8, 4) is 5.75 Å². The smallest absolute Gasteiger partial charge is 0.459 e. The van der Waals surface area contributed by atoms with E-state index in [9.17, 15) is 24.1 Å². The Kier molecular flexibility index (Phi) is 9.62. The molecule has 17 heteroatoms. The first-order valence-electron chi connectivity index (χ1n) is 11.7. The van der Waals surface area contributed by atoms with Gasteiger partial charge in [-0.3, -0.25) is 23.7 Å². The van der Waals surface area contributed by atoms with E-state index in [-0.39, 0.29) is 10.8 Å². The number of nitrogens with zero attached hydrogens (tertiary/aromatic N) is 4. The van der Waals surface area contributed by atoms with Crippen LogP contribution >= 0.6 is 19.3 Å². The SMILES string of the molecule is CC(C)OC(=O)[C@H](C)NP(=O)(OC[C@H]1O[C@H](n2ccc(=O)[nH]c2=O)[C@](C)(N=[N+]=[N-])[C@@H]1O)Oc1ccccc1Cl. The number of azide groups is 1. The second-order valence-corrected chi connectivity index (χ2v) is 11.2. The minimum atomic E-state index is -4.41. The molecule has 0 saturated carbocycles. The summed E-state index contributed by atoms with van der Waals surface area (Å²) in [6.07, 6.45) is -3.60. The maximum absolute atomic E-state index is 13.8. The van der Waals surface area contributed by atoms with Crippen LogP contribution in [0.1, 0.15) is 33.9 Å². The lowest BCUT2D eigenvalue weighted by molar-refractivity contribution is -0.149. The standard InChI is InChI=1S/C22H28ClN6O9P/c1-12(2)36-19(32)13(3)26-39(34,38-15-8-6-5-7-14(15)23)35-11-16-18(31)22(4,27-28-24)20(37-16)29-10-9-17(30)25-21(29)33/h5-10,12-13,16,18,20,31H,11H2,1-4H3,(H,26,34)(H,25,30,33)/t13-,16+,18+,20-,22+,39?/m0/s1. The maximum atomic E-state index is 13.8. The third-order valence-electron chi connectivity index (χ3n) is 5.64. The molecule has 1 aliphatic heterocycles. The molecule has 2 heterocycles. The lowest BCUT2D eigenvalue weighted by Gasteiger charge is -2.28. The maximum Gasteiger partial charge on any atom is 0.459 e. The highest BCUT2D eigenvalue weighted by molar-refractivity contribution is 7.52. The lowest BCUT2D eigenvalue weighted by Crippen LogP contribution is -2.45. The second-order valence-electron chi connectivity index (χ2n) is 9.06. The molecule has 0 aliphatic carbocycles. The number of aliphatic hydroxyl groups is 1. The molecule has 3 rings (SSSR count). The van der Waals surface area contributed by atoms with E-state index in [4.69, 9.17) is 35.7 Å². The number of aromatic nitrogens is 2. The van der Waals surface area contributed by atoms with Gasteiger partial charge in [0.1, 0.15) is 23.4 Å². The van der Waals surface area contributed by atoms with Crippen LogP contribution in [0.2, 0.25) is 5.02 Å². The molecular formula is C22H28ClN6O9P. The first-order valence-corrected chi connectivity index (χ1v) is 13.6. The van der Waals surface area contributed by atoms with Gasteiger partial charge < -0.3 is 19.1 Å². The quantitative estimate of drug-likeness (QED) is 0.115. The number of aromatic amines is 1. The number of carbonyl (C=O) groups is 1. The lowest BCUT2D eigenvalue weighted by atomic mass is 9.93. The van der Waals surface area contributed by atoms with Gasteiger partial charge in [0.05, 0.1) is 23.8 Å². The molecule has 3 N–H and O–H groups in total. The van der Waals surface area contributed by atoms with Gasteiger partial charge in [0, 0.05) is 17.2 Å². The minimum Gasteiger partial charge on any atom is -0.462 e. The van der Waals surface area contributed by atoms with Crippen molar-refractivity contribution in [2.45, 2.75) is 63.8 Å². The predicted octanol–water partition coefficient (Wildman–Crippen LogP) is 2.65. The third-order valence-corrected chi connectivity index (χ3v) is 7.58. The Balaban J connectivity index is 1.89. The fraction of sp³-hybridized carbons (Fsp3) is 0.500. The Hall–Kier alpha value is -3.16. The highest BCUT2D eigenvalue weighted by atomic mass is 35.5. The van der Waals surface area contributed by atoms with Gasteiger partial charge in [-0.25, -0.2) is 9.36 Å². The molecule has 6 atom stereocenters. The van der Waals surface area contributed by atoms with Crippen molar-refractivity contribution < 1.29 is 33.0 Å². The van der Waals surface area contributed by atoms with Gasteiger partial charge in [0.2, 0.25) is 0 Å². The van der Waals surface area contributed by atoms with Crippen molar-refractivity contribution >= 4 is 25.3 Å². The van der Waals surface area contributed by atoms with E-state index >= 15 is 0 Å². The van der Waals surface area contributed by atoms with Gasteiger partial charge in [0.15, 0.2) is 6.23 Å². The van der Waals surface area contributed by atoms with Gasteiger partial charge in [-0.2, -0.15) is 5.09 Å².